The fourth-order valence-electron chi connectivity index (χ4n) is 1.59. The molecule has 0 spiro atoms. The third-order valence-corrected chi connectivity index (χ3v) is 2.55. The Morgan fingerprint density at radius 2 is 1.88 bits per heavy atom. The van der Waals surface area contributed by atoms with Crippen molar-refractivity contribution in [3.8, 4) is 0 Å². The number of benzene rings is 1. The number of hydrogen-bond acceptors (Lipinski definition) is 4. The van der Waals surface area contributed by atoms with Crippen LogP contribution in [0.3, 0.4) is 0 Å². The van der Waals surface area contributed by atoms with Gasteiger partial charge in [-0.15, -0.1) is 0 Å². The number of nitrogens with zero attached hydrogens (tertiary/aromatic N) is 3. The van der Waals surface area contributed by atoms with E-state index in [2.05, 4.69) is 27.0 Å². The second-order valence-corrected chi connectivity index (χ2v) is 3.91. The molecule has 4 heteroatoms. The number of hydrogen-bond donors (Lipinski definition) is 1. The van der Waals surface area contributed by atoms with Crippen LogP contribution in [0.5, 0.6) is 0 Å². The average molecular weight is 228 g/mol. The molecule has 4 nitrogen and oxygen atoms in total. The summed E-state index contributed by atoms with van der Waals surface area (Å²) in [6, 6.07) is 10.3. The van der Waals surface area contributed by atoms with Crippen LogP contribution in [0.1, 0.15) is 11.3 Å². The van der Waals surface area contributed by atoms with Crippen LogP contribution in [0.15, 0.2) is 42.7 Å². The van der Waals surface area contributed by atoms with E-state index in [1.165, 1.54) is 5.56 Å². The molecule has 88 valence electrons. The van der Waals surface area contributed by atoms with Crippen molar-refractivity contribution < 1.29 is 0 Å². The predicted molar refractivity (Wildman–Crippen MR) is 68.5 cm³/mol. The minimum Gasteiger partial charge on any atom is -0.354 e. The molecule has 2 N–H and O–H groups in total. The monoisotopic (exact) mass is 228 g/mol. The molecule has 1 aromatic heterocycles. The van der Waals surface area contributed by atoms with Crippen molar-refractivity contribution in [2.75, 3.05) is 11.9 Å². The summed E-state index contributed by atoms with van der Waals surface area (Å²) in [6.07, 6.45) is 3.47. The number of aromatic nitrogens is 2. The molecule has 0 unspecified atom stereocenters. The molecule has 2 rings (SSSR count). The van der Waals surface area contributed by atoms with E-state index in [9.17, 15) is 0 Å². The van der Waals surface area contributed by atoms with Crippen LogP contribution in [-0.4, -0.2) is 17.0 Å². The van der Waals surface area contributed by atoms with Crippen molar-refractivity contribution in [1.82, 2.24) is 9.97 Å². The summed E-state index contributed by atoms with van der Waals surface area (Å²) in [5, 5.41) is 0. The molecule has 0 aliphatic carbocycles. The van der Waals surface area contributed by atoms with Crippen LogP contribution in [0.25, 0.3) is 0 Å². The van der Waals surface area contributed by atoms with Gasteiger partial charge in [0, 0.05) is 20.1 Å². The van der Waals surface area contributed by atoms with E-state index in [1.807, 2.05) is 25.2 Å². The van der Waals surface area contributed by atoms with E-state index in [-0.39, 0.29) is 0 Å². The minimum absolute atomic E-state index is 0.426. The third-order valence-electron chi connectivity index (χ3n) is 2.55. The summed E-state index contributed by atoms with van der Waals surface area (Å²) in [4.78, 5) is 10.6. The van der Waals surface area contributed by atoms with Crippen molar-refractivity contribution in [2.24, 2.45) is 5.73 Å². The predicted octanol–water partition coefficient (Wildman–Crippen LogP) is 1.57. The average Bonchev–Trinajstić information content (AvgIpc) is 2.40. The molecule has 0 amide bonds. The molecule has 1 heterocycles. The highest BCUT2D eigenvalue weighted by Gasteiger charge is 2.03. The molecule has 2 aromatic rings. The van der Waals surface area contributed by atoms with Gasteiger partial charge >= 0.3 is 0 Å². The lowest BCUT2D eigenvalue weighted by atomic mass is 10.2. The minimum atomic E-state index is 0.426. The van der Waals surface area contributed by atoms with Crippen LogP contribution in [-0.2, 0) is 13.1 Å². The maximum atomic E-state index is 5.48. The molecule has 0 saturated heterocycles. The van der Waals surface area contributed by atoms with Crippen molar-refractivity contribution in [3.63, 3.8) is 0 Å². The van der Waals surface area contributed by atoms with E-state index < -0.39 is 0 Å². The van der Waals surface area contributed by atoms with Gasteiger partial charge in [-0.1, -0.05) is 30.3 Å². The van der Waals surface area contributed by atoms with Gasteiger partial charge in [-0.2, -0.15) is 0 Å². The van der Waals surface area contributed by atoms with Crippen molar-refractivity contribution in [3.05, 3.63) is 54.0 Å². The first-order valence-electron chi connectivity index (χ1n) is 5.55. The van der Waals surface area contributed by atoms with E-state index >= 15 is 0 Å². The zero-order valence-electron chi connectivity index (χ0n) is 9.87. The lowest BCUT2D eigenvalue weighted by molar-refractivity contribution is 0.873. The highest BCUT2D eigenvalue weighted by molar-refractivity contribution is 5.36. The molecular weight excluding hydrogens is 212 g/mol. The lowest BCUT2D eigenvalue weighted by Crippen LogP contribution is -2.18. The first-order chi connectivity index (χ1) is 8.29. The van der Waals surface area contributed by atoms with Gasteiger partial charge in [0.15, 0.2) is 0 Å². The Morgan fingerprint density at radius 3 is 2.47 bits per heavy atom. The Bertz CT molecular complexity index is 453. The normalized spacial score (nSPS) is 10.2. The van der Waals surface area contributed by atoms with Gasteiger partial charge in [0.05, 0.1) is 18.1 Å². The van der Waals surface area contributed by atoms with Gasteiger partial charge in [0.2, 0.25) is 0 Å². The highest BCUT2D eigenvalue weighted by Crippen LogP contribution is 2.11. The molecule has 0 radical (unpaired) electrons. The molecular formula is C13H16N4. The second kappa shape index (κ2) is 5.41. The Hall–Kier alpha value is -1.94. The van der Waals surface area contributed by atoms with Gasteiger partial charge in [-0.25, -0.2) is 4.98 Å². The van der Waals surface area contributed by atoms with E-state index in [4.69, 9.17) is 5.73 Å². The Labute approximate surface area is 101 Å². The Kier molecular flexibility index (Phi) is 3.67. The summed E-state index contributed by atoms with van der Waals surface area (Å²) in [5.41, 5.74) is 7.54. The van der Waals surface area contributed by atoms with Gasteiger partial charge < -0.3 is 10.6 Å². The maximum Gasteiger partial charge on any atom is 0.147 e. The molecule has 0 bridgehead atoms. The van der Waals surface area contributed by atoms with Crippen LogP contribution in [0, 0.1) is 0 Å². The first kappa shape index (κ1) is 11.5. The highest BCUT2D eigenvalue weighted by atomic mass is 15.2. The molecule has 0 aliphatic rings. The second-order valence-electron chi connectivity index (χ2n) is 3.91. The van der Waals surface area contributed by atoms with E-state index in [0.717, 1.165) is 18.1 Å². The number of anilines is 1. The molecule has 1 aromatic carbocycles. The topological polar surface area (TPSA) is 55.0 Å². The van der Waals surface area contributed by atoms with Crippen molar-refractivity contribution >= 4 is 5.82 Å². The fraction of sp³-hybridized carbons (Fsp3) is 0.231. The van der Waals surface area contributed by atoms with Gasteiger partial charge in [-0.05, 0) is 5.56 Å². The maximum absolute atomic E-state index is 5.48. The summed E-state index contributed by atoms with van der Waals surface area (Å²) in [7, 11) is 2.00. The lowest BCUT2D eigenvalue weighted by Gasteiger charge is -2.17. The van der Waals surface area contributed by atoms with Crippen LogP contribution in [0.4, 0.5) is 5.82 Å². The van der Waals surface area contributed by atoms with Crippen LogP contribution >= 0.6 is 0 Å². The van der Waals surface area contributed by atoms with Gasteiger partial charge in [-0.3, -0.25) is 4.98 Å². The van der Waals surface area contributed by atoms with Crippen molar-refractivity contribution in [1.29, 1.82) is 0 Å². The quantitative estimate of drug-likeness (QED) is 0.863. The standard InChI is InChI=1S/C13H16N4/c1-17(10-11-5-3-2-4-6-11)13-9-15-12(7-14)8-16-13/h2-6,8-9H,7,10,14H2,1H3. The summed E-state index contributed by atoms with van der Waals surface area (Å²) < 4.78 is 0. The molecule has 0 fully saturated rings. The number of nitrogens with two attached hydrogens (primary N) is 1. The van der Waals surface area contributed by atoms with Gasteiger partial charge in [0.1, 0.15) is 5.82 Å². The summed E-state index contributed by atoms with van der Waals surface area (Å²) in [6.45, 7) is 1.24. The zero-order chi connectivity index (χ0) is 12.1. The Morgan fingerprint density at radius 1 is 1.12 bits per heavy atom. The van der Waals surface area contributed by atoms with Crippen LogP contribution in [0.2, 0.25) is 0 Å². The summed E-state index contributed by atoms with van der Waals surface area (Å²) >= 11 is 0. The number of rotatable bonds is 4. The van der Waals surface area contributed by atoms with E-state index in [0.29, 0.717) is 6.54 Å². The Balaban J connectivity index is 2.06. The molecule has 0 atom stereocenters. The smallest absolute Gasteiger partial charge is 0.147 e. The molecule has 0 saturated carbocycles. The fourth-order valence-corrected chi connectivity index (χ4v) is 1.59. The SMILES string of the molecule is CN(Cc1ccccc1)c1cnc(CN)cn1. The summed E-state index contributed by atoms with van der Waals surface area (Å²) in [5.74, 6) is 0.853. The largest absolute Gasteiger partial charge is 0.354 e. The van der Waals surface area contributed by atoms with Gasteiger partial charge in [0.25, 0.3) is 0 Å². The molecule has 17 heavy (non-hydrogen) atoms. The molecule has 0 aliphatic heterocycles. The first-order valence-corrected chi connectivity index (χ1v) is 5.55. The zero-order valence-corrected chi connectivity index (χ0v) is 9.87. The van der Waals surface area contributed by atoms with Crippen molar-refractivity contribution in [2.45, 2.75) is 13.1 Å². The third kappa shape index (κ3) is 3.01. The van der Waals surface area contributed by atoms with E-state index in [1.54, 1.807) is 12.4 Å². The van der Waals surface area contributed by atoms with Crippen LogP contribution < -0.4 is 10.6 Å².